The number of hydrogen-bond donors (Lipinski definition) is 1. The Morgan fingerprint density at radius 2 is 1.83 bits per heavy atom. The zero-order valence-electron chi connectivity index (χ0n) is 19.9. The second-order valence-corrected chi connectivity index (χ2v) is 7.87. The molecule has 0 unspecified atom stereocenters. The first-order valence-corrected chi connectivity index (χ1v) is 10.9. The van der Waals surface area contributed by atoms with Crippen LogP contribution in [0.4, 0.5) is 5.82 Å². The third kappa shape index (κ3) is 4.89. The van der Waals surface area contributed by atoms with Gasteiger partial charge in [-0.3, -0.25) is 9.59 Å². The van der Waals surface area contributed by atoms with Crippen LogP contribution in [0, 0.1) is 6.92 Å². The lowest BCUT2D eigenvalue weighted by Gasteiger charge is -2.17. The van der Waals surface area contributed by atoms with Crippen molar-refractivity contribution < 1.29 is 23.5 Å². The molecule has 9 nitrogen and oxygen atoms in total. The Balaban J connectivity index is 1.72. The number of furan rings is 1. The molecule has 2 amide bonds. The van der Waals surface area contributed by atoms with Crippen LogP contribution in [0.15, 0.2) is 71.5 Å². The van der Waals surface area contributed by atoms with Crippen LogP contribution in [0.25, 0.3) is 5.69 Å². The summed E-state index contributed by atoms with van der Waals surface area (Å²) in [6, 6.07) is 16.0. The molecule has 4 aromatic rings. The topological polar surface area (TPSA) is 98.8 Å². The number of hydrogen-bond acceptors (Lipinski definition) is 6. The highest BCUT2D eigenvalue weighted by Gasteiger charge is 2.25. The highest BCUT2D eigenvalue weighted by molar-refractivity contribution is 6.08. The van der Waals surface area contributed by atoms with Crippen molar-refractivity contribution in [2.75, 3.05) is 26.6 Å². The summed E-state index contributed by atoms with van der Waals surface area (Å²) in [5.41, 5.74) is 2.25. The van der Waals surface area contributed by atoms with E-state index in [1.807, 2.05) is 31.2 Å². The van der Waals surface area contributed by atoms with Crippen molar-refractivity contribution in [3.05, 3.63) is 89.5 Å². The van der Waals surface area contributed by atoms with E-state index < -0.39 is 5.91 Å². The number of nitrogens with one attached hydrogen (secondary N) is 1. The molecule has 9 heteroatoms. The van der Waals surface area contributed by atoms with E-state index in [-0.39, 0.29) is 23.8 Å². The molecule has 4 rings (SSSR count). The Bertz CT molecular complexity index is 1340. The number of carbonyl (C=O) groups excluding carboxylic acids is 2. The van der Waals surface area contributed by atoms with E-state index in [1.165, 1.54) is 25.3 Å². The van der Waals surface area contributed by atoms with E-state index in [9.17, 15) is 9.59 Å². The molecule has 0 atom stereocenters. The predicted molar refractivity (Wildman–Crippen MR) is 130 cm³/mol. The molecule has 0 aliphatic carbocycles. The lowest BCUT2D eigenvalue weighted by molar-refractivity contribution is 0.0776. The van der Waals surface area contributed by atoms with Crippen LogP contribution >= 0.6 is 0 Å². The number of anilines is 1. The Hall–Kier alpha value is -4.53. The van der Waals surface area contributed by atoms with Crippen molar-refractivity contribution in [3.8, 4) is 17.2 Å². The molecule has 2 aromatic heterocycles. The Morgan fingerprint density at radius 1 is 1.06 bits per heavy atom. The maximum absolute atomic E-state index is 13.4. The van der Waals surface area contributed by atoms with Crippen molar-refractivity contribution in [1.29, 1.82) is 0 Å². The number of amides is 2. The minimum absolute atomic E-state index is 0.246. The number of methoxy groups -OCH3 is 2. The Morgan fingerprint density at radius 3 is 2.51 bits per heavy atom. The van der Waals surface area contributed by atoms with Crippen LogP contribution in [-0.4, -0.2) is 47.8 Å². The number of carbonyl (C=O) groups is 2. The molecule has 35 heavy (non-hydrogen) atoms. The lowest BCUT2D eigenvalue weighted by atomic mass is 10.1. The first-order valence-electron chi connectivity index (χ1n) is 10.9. The van der Waals surface area contributed by atoms with Crippen LogP contribution in [0.5, 0.6) is 11.5 Å². The van der Waals surface area contributed by atoms with Gasteiger partial charge in [-0.25, -0.2) is 4.68 Å². The highest BCUT2D eigenvalue weighted by atomic mass is 16.5. The van der Waals surface area contributed by atoms with Crippen molar-refractivity contribution in [1.82, 2.24) is 14.7 Å². The molecule has 2 aromatic carbocycles. The zero-order chi connectivity index (χ0) is 24.9. The van der Waals surface area contributed by atoms with E-state index in [2.05, 4.69) is 10.4 Å². The van der Waals surface area contributed by atoms with Gasteiger partial charge in [0.1, 0.15) is 17.1 Å². The SMILES string of the molecule is COc1ccc(C(=O)Nc2c(C(=O)N(C)Cc3ccco3)cnn2-c2ccccc2C)cc1OC. The molecule has 2 heterocycles. The number of para-hydroxylation sites is 1. The standard InChI is InChI=1S/C26H26N4O5/c1-17-8-5-6-10-21(17)30-24(28-25(31)18-11-12-22(33-3)23(14-18)34-4)20(15-27-30)26(32)29(2)16-19-9-7-13-35-19/h5-15H,16H2,1-4H3,(H,28,31). The third-order valence-corrected chi connectivity index (χ3v) is 5.54. The summed E-state index contributed by atoms with van der Waals surface area (Å²) < 4.78 is 17.5. The van der Waals surface area contributed by atoms with Gasteiger partial charge in [0.2, 0.25) is 0 Å². The lowest BCUT2D eigenvalue weighted by Crippen LogP contribution is -2.27. The Kier molecular flexibility index (Phi) is 6.86. The van der Waals surface area contributed by atoms with Crippen LogP contribution in [0.3, 0.4) is 0 Å². The molecule has 0 saturated carbocycles. The monoisotopic (exact) mass is 474 g/mol. The van der Waals surface area contributed by atoms with Gasteiger partial charge in [-0.15, -0.1) is 0 Å². The van der Waals surface area contributed by atoms with E-state index >= 15 is 0 Å². The van der Waals surface area contributed by atoms with Crippen molar-refractivity contribution in [2.45, 2.75) is 13.5 Å². The highest BCUT2D eigenvalue weighted by Crippen LogP contribution is 2.29. The fraction of sp³-hybridized carbons (Fsp3) is 0.192. The van der Waals surface area contributed by atoms with Gasteiger partial charge in [0.05, 0.1) is 38.9 Å². The zero-order valence-corrected chi connectivity index (χ0v) is 19.9. The average Bonchev–Trinajstić information content (AvgIpc) is 3.53. The molecule has 0 spiro atoms. The summed E-state index contributed by atoms with van der Waals surface area (Å²) in [4.78, 5) is 28.1. The predicted octanol–water partition coefficient (Wildman–Crippen LogP) is 4.32. The molecule has 0 saturated heterocycles. The fourth-order valence-electron chi connectivity index (χ4n) is 3.68. The molecule has 0 aliphatic rings. The number of aryl methyl sites for hydroxylation is 1. The maximum atomic E-state index is 13.4. The van der Waals surface area contributed by atoms with E-state index in [1.54, 1.807) is 48.3 Å². The second-order valence-electron chi connectivity index (χ2n) is 7.87. The number of benzene rings is 2. The van der Waals surface area contributed by atoms with Crippen LogP contribution in [0.2, 0.25) is 0 Å². The van der Waals surface area contributed by atoms with Gasteiger partial charge in [0.15, 0.2) is 11.5 Å². The average molecular weight is 475 g/mol. The molecule has 0 aliphatic heterocycles. The van der Waals surface area contributed by atoms with Crippen molar-refractivity contribution in [2.24, 2.45) is 0 Å². The summed E-state index contributed by atoms with van der Waals surface area (Å²) in [7, 11) is 4.68. The first-order chi connectivity index (χ1) is 16.9. The summed E-state index contributed by atoms with van der Waals surface area (Å²) >= 11 is 0. The van der Waals surface area contributed by atoms with Gasteiger partial charge in [0, 0.05) is 12.6 Å². The summed E-state index contributed by atoms with van der Waals surface area (Å²) in [5, 5.41) is 7.32. The van der Waals surface area contributed by atoms with E-state index in [0.29, 0.717) is 22.8 Å². The van der Waals surface area contributed by atoms with Crippen LogP contribution in [0.1, 0.15) is 32.0 Å². The first kappa shape index (κ1) is 23.6. The third-order valence-electron chi connectivity index (χ3n) is 5.54. The van der Waals surface area contributed by atoms with Gasteiger partial charge in [-0.05, 0) is 48.9 Å². The van der Waals surface area contributed by atoms with Gasteiger partial charge in [0.25, 0.3) is 11.8 Å². The quantitative estimate of drug-likeness (QED) is 0.409. The molecule has 1 N–H and O–H groups in total. The van der Waals surface area contributed by atoms with E-state index in [0.717, 1.165) is 11.3 Å². The number of aromatic nitrogens is 2. The molecule has 180 valence electrons. The Labute approximate surface area is 202 Å². The van der Waals surface area contributed by atoms with Crippen molar-refractivity contribution in [3.63, 3.8) is 0 Å². The fourth-order valence-corrected chi connectivity index (χ4v) is 3.68. The smallest absolute Gasteiger partial charge is 0.259 e. The molecular weight excluding hydrogens is 448 g/mol. The number of ether oxygens (including phenoxy) is 2. The molecule has 0 bridgehead atoms. The second kappa shape index (κ2) is 10.2. The number of nitrogens with zero attached hydrogens (tertiary/aromatic N) is 3. The van der Waals surface area contributed by atoms with Gasteiger partial charge >= 0.3 is 0 Å². The van der Waals surface area contributed by atoms with Gasteiger partial charge < -0.3 is 24.1 Å². The summed E-state index contributed by atoms with van der Waals surface area (Å²) in [5.74, 6) is 1.08. The van der Waals surface area contributed by atoms with Crippen LogP contribution < -0.4 is 14.8 Å². The van der Waals surface area contributed by atoms with Gasteiger partial charge in [-0.2, -0.15) is 5.10 Å². The number of rotatable bonds is 8. The molecule has 0 fully saturated rings. The van der Waals surface area contributed by atoms with Gasteiger partial charge in [-0.1, -0.05) is 18.2 Å². The maximum Gasteiger partial charge on any atom is 0.259 e. The molecular formula is C26H26N4O5. The largest absolute Gasteiger partial charge is 0.493 e. The van der Waals surface area contributed by atoms with Crippen molar-refractivity contribution >= 4 is 17.6 Å². The molecule has 0 radical (unpaired) electrons. The van der Waals surface area contributed by atoms with Crippen LogP contribution in [-0.2, 0) is 6.54 Å². The minimum atomic E-state index is -0.427. The van der Waals surface area contributed by atoms with E-state index in [4.69, 9.17) is 13.9 Å². The summed E-state index contributed by atoms with van der Waals surface area (Å²) in [6.07, 6.45) is 3.01. The summed E-state index contributed by atoms with van der Waals surface area (Å²) in [6.45, 7) is 2.20. The normalized spacial score (nSPS) is 10.6. The minimum Gasteiger partial charge on any atom is -0.493 e.